The van der Waals surface area contributed by atoms with E-state index in [1.54, 1.807) is 17.4 Å². The van der Waals surface area contributed by atoms with Crippen molar-refractivity contribution in [3.63, 3.8) is 0 Å². The van der Waals surface area contributed by atoms with Crippen LogP contribution in [0.15, 0.2) is 34.1 Å². The van der Waals surface area contributed by atoms with Crippen molar-refractivity contribution in [2.75, 3.05) is 0 Å². The Balaban J connectivity index is 2.07. The Hall–Kier alpha value is -0.910. The average molecular weight is 372 g/mol. The molecule has 1 aromatic heterocycles. The maximum atomic E-state index is 13.4. The Morgan fingerprint density at radius 2 is 2.05 bits per heavy atom. The van der Waals surface area contributed by atoms with Crippen LogP contribution in [0.1, 0.15) is 31.2 Å². The first-order chi connectivity index (χ1) is 9.83. The lowest BCUT2D eigenvalue weighted by atomic mass is 10.1. The van der Waals surface area contributed by atoms with Crippen LogP contribution in [-0.2, 0) is 13.2 Å². The molecule has 0 amide bonds. The molecule has 0 atom stereocenters. The first kappa shape index (κ1) is 16.5. The first-order valence-corrected chi connectivity index (χ1v) is 8.40. The molecule has 0 saturated heterocycles. The minimum absolute atomic E-state index is 0.0256. The van der Waals surface area contributed by atoms with Crippen LogP contribution in [0.3, 0.4) is 0 Å². The number of thiophene rings is 1. The highest BCUT2D eigenvalue weighted by Gasteiger charge is 2.12. The van der Waals surface area contributed by atoms with Crippen LogP contribution in [0.5, 0.6) is 5.75 Å². The number of nitrogens with one attached hydrogen (secondary N) is 1. The minimum atomic E-state index is -0.244. The largest absolute Gasteiger partial charge is 0.488 e. The van der Waals surface area contributed by atoms with Gasteiger partial charge in [-0.1, -0.05) is 0 Å². The minimum Gasteiger partial charge on any atom is -0.488 e. The molecule has 0 aliphatic carbocycles. The molecule has 21 heavy (non-hydrogen) atoms. The quantitative estimate of drug-likeness (QED) is 0.787. The molecule has 0 radical (unpaired) electrons. The molecule has 0 aliphatic heterocycles. The number of hydrogen-bond donors (Lipinski definition) is 1. The summed E-state index contributed by atoms with van der Waals surface area (Å²) >= 11 is 5.06. The van der Waals surface area contributed by atoms with Crippen LogP contribution in [0.25, 0.3) is 0 Å². The van der Waals surface area contributed by atoms with Gasteiger partial charge in [0.1, 0.15) is 18.2 Å². The Morgan fingerprint density at radius 3 is 2.67 bits per heavy atom. The molecule has 5 heteroatoms. The second-order valence-corrected chi connectivity index (χ2v) is 7.79. The van der Waals surface area contributed by atoms with E-state index in [2.05, 4.69) is 42.0 Å². The summed E-state index contributed by atoms with van der Waals surface area (Å²) in [4.78, 5) is 1.13. The van der Waals surface area contributed by atoms with Gasteiger partial charge in [0.2, 0.25) is 0 Å². The summed E-state index contributed by atoms with van der Waals surface area (Å²) < 4.78 is 20.3. The summed E-state index contributed by atoms with van der Waals surface area (Å²) in [7, 11) is 0. The summed E-state index contributed by atoms with van der Waals surface area (Å²) in [5.74, 6) is 0.476. The molecule has 0 aliphatic rings. The maximum absolute atomic E-state index is 13.4. The van der Waals surface area contributed by atoms with Crippen LogP contribution in [0, 0.1) is 5.82 Å². The molecule has 1 heterocycles. The standard InChI is InChI=1S/C16H19BrFNOS/c1-16(2,3)19-8-11-6-13(18)4-5-15(11)20-9-14-7-12(17)10-21-14/h4-7,10,19H,8-9H2,1-3H3. The molecule has 0 fully saturated rings. The molecular formula is C16H19BrFNOS. The molecule has 0 spiro atoms. The topological polar surface area (TPSA) is 21.3 Å². The fourth-order valence-electron chi connectivity index (χ4n) is 1.77. The van der Waals surface area contributed by atoms with E-state index in [1.165, 1.54) is 12.1 Å². The zero-order valence-electron chi connectivity index (χ0n) is 12.4. The van der Waals surface area contributed by atoms with Gasteiger partial charge < -0.3 is 10.1 Å². The lowest BCUT2D eigenvalue weighted by Gasteiger charge is -2.21. The molecule has 0 bridgehead atoms. The number of ether oxygens (including phenoxy) is 1. The van der Waals surface area contributed by atoms with Crippen molar-refractivity contribution in [3.05, 3.63) is 50.4 Å². The van der Waals surface area contributed by atoms with Crippen LogP contribution < -0.4 is 10.1 Å². The van der Waals surface area contributed by atoms with E-state index < -0.39 is 0 Å². The molecule has 1 N–H and O–H groups in total. The summed E-state index contributed by atoms with van der Waals surface area (Å²) in [5, 5.41) is 5.38. The molecule has 0 unspecified atom stereocenters. The van der Waals surface area contributed by atoms with Gasteiger partial charge in [0.15, 0.2) is 0 Å². The molecule has 2 nitrogen and oxygen atoms in total. The summed E-state index contributed by atoms with van der Waals surface area (Å²) in [6.45, 7) is 7.30. The Bertz CT molecular complexity index is 607. The normalized spacial score (nSPS) is 11.7. The molecule has 2 aromatic rings. The van der Waals surface area contributed by atoms with Gasteiger partial charge in [-0.3, -0.25) is 0 Å². The predicted molar refractivity (Wildman–Crippen MR) is 89.3 cm³/mol. The fraction of sp³-hybridized carbons (Fsp3) is 0.375. The molecule has 1 aromatic carbocycles. The van der Waals surface area contributed by atoms with E-state index in [0.717, 1.165) is 20.7 Å². The molecule has 2 rings (SSSR count). The number of hydrogen-bond acceptors (Lipinski definition) is 3. The van der Waals surface area contributed by atoms with E-state index in [0.29, 0.717) is 13.2 Å². The SMILES string of the molecule is CC(C)(C)NCc1cc(F)ccc1OCc1cc(Br)cs1. The lowest BCUT2D eigenvalue weighted by Crippen LogP contribution is -2.35. The Kier molecular flexibility index (Phi) is 5.41. The van der Waals surface area contributed by atoms with Crippen molar-refractivity contribution in [3.8, 4) is 5.75 Å². The van der Waals surface area contributed by atoms with Crippen molar-refractivity contribution in [2.24, 2.45) is 0 Å². The van der Waals surface area contributed by atoms with Gasteiger partial charge in [0, 0.05) is 32.4 Å². The van der Waals surface area contributed by atoms with Crippen molar-refractivity contribution in [1.29, 1.82) is 0 Å². The van der Waals surface area contributed by atoms with Crippen LogP contribution in [-0.4, -0.2) is 5.54 Å². The third kappa shape index (κ3) is 5.41. The van der Waals surface area contributed by atoms with Gasteiger partial charge >= 0.3 is 0 Å². The third-order valence-electron chi connectivity index (χ3n) is 2.82. The average Bonchev–Trinajstić information content (AvgIpc) is 2.80. The van der Waals surface area contributed by atoms with E-state index >= 15 is 0 Å². The van der Waals surface area contributed by atoms with Crippen LogP contribution in [0.2, 0.25) is 0 Å². The maximum Gasteiger partial charge on any atom is 0.124 e. The second-order valence-electron chi connectivity index (χ2n) is 5.88. The van der Waals surface area contributed by atoms with Crippen LogP contribution in [0.4, 0.5) is 4.39 Å². The lowest BCUT2D eigenvalue weighted by molar-refractivity contribution is 0.303. The second kappa shape index (κ2) is 6.90. The van der Waals surface area contributed by atoms with Gasteiger partial charge in [-0.15, -0.1) is 11.3 Å². The smallest absolute Gasteiger partial charge is 0.124 e. The summed E-state index contributed by atoms with van der Waals surface area (Å²) in [6, 6.07) is 6.68. The van der Waals surface area contributed by atoms with E-state index in [4.69, 9.17) is 4.74 Å². The Morgan fingerprint density at radius 1 is 1.29 bits per heavy atom. The molecule has 114 valence electrons. The van der Waals surface area contributed by atoms with E-state index in [1.807, 2.05) is 11.4 Å². The number of benzene rings is 1. The number of halogens is 2. The summed E-state index contributed by atoms with van der Waals surface area (Å²) in [6.07, 6.45) is 0. The van der Waals surface area contributed by atoms with Gasteiger partial charge in [0.25, 0.3) is 0 Å². The van der Waals surface area contributed by atoms with Crippen molar-refractivity contribution >= 4 is 27.3 Å². The van der Waals surface area contributed by atoms with Crippen molar-refractivity contribution in [1.82, 2.24) is 5.32 Å². The van der Waals surface area contributed by atoms with Gasteiger partial charge in [0.05, 0.1) is 0 Å². The predicted octanol–water partition coefficient (Wildman–Crippen LogP) is 5.12. The highest BCUT2D eigenvalue weighted by molar-refractivity contribution is 9.10. The van der Waals surface area contributed by atoms with Crippen molar-refractivity contribution < 1.29 is 9.13 Å². The monoisotopic (exact) mass is 371 g/mol. The first-order valence-electron chi connectivity index (χ1n) is 6.73. The van der Waals surface area contributed by atoms with Gasteiger partial charge in [-0.2, -0.15) is 0 Å². The van der Waals surface area contributed by atoms with E-state index in [-0.39, 0.29) is 11.4 Å². The molecular weight excluding hydrogens is 353 g/mol. The third-order valence-corrected chi connectivity index (χ3v) is 4.49. The van der Waals surface area contributed by atoms with Crippen LogP contribution >= 0.6 is 27.3 Å². The zero-order valence-corrected chi connectivity index (χ0v) is 14.8. The van der Waals surface area contributed by atoms with E-state index in [9.17, 15) is 4.39 Å². The highest BCUT2D eigenvalue weighted by Crippen LogP contribution is 2.24. The number of rotatable bonds is 5. The van der Waals surface area contributed by atoms with Gasteiger partial charge in [-0.25, -0.2) is 4.39 Å². The zero-order chi connectivity index (χ0) is 15.5. The summed E-state index contributed by atoms with van der Waals surface area (Å²) in [5.41, 5.74) is 0.808. The highest BCUT2D eigenvalue weighted by atomic mass is 79.9. The van der Waals surface area contributed by atoms with Crippen molar-refractivity contribution in [2.45, 2.75) is 39.5 Å². The fourth-order valence-corrected chi connectivity index (χ4v) is 3.13. The molecule has 0 saturated carbocycles. The van der Waals surface area contributed by atoms with Gasteiger partial charge in [-0.05, 0) is 61.0 Å². The Labute approximate surface area is 137 Å².